The summed E-state index contributed by atoms with van der Waals surface area (Å²) < 4.78 is 11.4. The number of ether oxygens (including phenoxy) is 1. The van der Waals surface area contributed by atoms with Crippen LogP contribution in [0.3, 0.4) is 0 Å². The molecule has 37 heavy (non-hydrogen) atoms. The number of hydrogen-bond donors (Lipinski definition) is 1. The van der Waals surface area contributed by atoms with Gasteiger partial charge in [-0.25, -0.2) is 0 Å². The monoisotopic (exact) mass is 510 g/mol. The second-order valence-electron chi connectivity index (χ2n) is 8.64. The number of hydrogen-bond acceptors (Lipinski definition) is 10. The minimum absolute atomic E-state index is 0.0929. The van der Waals surface area contributed by atoms with Gasteiger partial charge in [0.1, 0.15) is 15.8 Å². The van der Waals surface area contributed by atoms with E-state index in [0.29, 0.717) is 36.1 Å². The summed E-state index contributed by atoms with van der Waals surface area (Å²) in [4.78, 5) is 21.5. The Balaban J connectivity index is 1.32. The van der Waals surface area contributed by atoms with Gasteiger partial charge in [-0.2, -0.15) is 5.26 Å². The molecule has 1 N–H and O–H groups in total. The first-order chi connectivity index (χ1) is 18.2. The number of thiophene rings is 1. The van der Waals surface area contributed by atoms with Gasteiger partial charge in [-0.05, 0) is 11.6 Å². The number of morpholine rings is 1. The molecule has 0 amide bonds. The molecule has 0 bridgehead atoms. The standard InChI is InChI=1S/C27H22N6O3S/c28-16-19-15-21(33-10-12-35-13-11-33)24(37-19)26-31-32-27(36-26)30-25-22(34)14-18-8-4-5-9-20(18)23(29-25)17-6-2-1-3-7-17/h1-9,15,25H,10-14H2,(H,30,32)/t25-/m1/s1. The summed E-state index contributed by atoms with van der Waals surface area (Å²) >= 11 is 1.30. The number of nitrogens with zero attached hydrogens (tertiary/aromatic N) is 5. The average molecular weight is 511 g/mol. The predicted molar refractivity (Wildman–Crippen MR) is 140 cm³/mol. The number of carbonyl (C=O) groups excluding carboxylic acids is 1. The van der Waals surface area contributed by atoms with Crippen molar-refractivity contribution in [2.45, 2.75) is 12.6 Å². The lowest BCUT2D eigenvalue weighted by atomic mass is 9.96. The molecule has 6 rings (SSSR count). The summed E-state index contributed by atoms with van der Waals surface area (Å²) in [5, 5.41) is 20.9. The highest BCUT2D eigenvalue weighted by Gasteiger charge is 2.28. The van der Waals surface area contributed by atoms with E-state index < -0.39 is 6.17 Å². The Morgan fingerprint density at radius 3 is 2.65 bits per heavy atom. The molecule has 184 valence electrons. The second kappa shape index (κ2) is 9.97. The fourth-order valence-corrected chi connectivity index (χ4v) is 5.42. The van der Waals surface area contributed by atoms with Crippen LogP contribution < -0.4 is 10.2 Å². The Hall–Kier alpha value is -4.33. The van der Waals surface area contributed by atoms with Gasteiger partial charge >= 0.3 is 6.01 Å². The zero-order valence-electron chi connectivity index (χ0n) is 19.8. The molecule has 0 radical (unpaired) electrons. The van der Waals surface area contributed by atoms with Crippen LogP contribution in [0.2, 0.25) is 0 Å². The first-order valence-electron chi connectivity index (χ1n) is 11.9. The Morgan fingerprint density at radius 1 is 1.05 bits per heavy atom. The molecular weight excluding hydrogens is 488 g/mol. The molecule has 1 saturated heterocycles. The van der Waals surface area contributed by atoms with Gasteiger partial charge in [0.05, 0.1) is 24.6 Å². The van der Waals surface area contributed by atoms with E-state index in [2.05, 4.69) is 26.5 Å². The zero-order valence-corrected chi connectivity index (χ0v) is 20.6. The van der Waals surface area contributed by atoms with E-state index in [9.17, 15) is 10.1 Å². The third kappa shape index (κ3) is 4.62. The Morgan fingerprint density at radius 2 is 1.84 bits per heavy atom. The number of anilines is 2. The van der Waals surface area contributed by atoms with E-state index in [-0.39, 0.29) is 24.1 Å². The van der Waals surface area contributed by atoms with Gasteiger partial charge in [0.2, 0.25) is 0 Å². The van der Waals surface area contributed by atoms with Crippen LogP contribution in [0.5, 0.6) is 0 Å². The molecule has 10 heteroatoms. The summed E-state index contributed by atoms with van der Waals surface area (Å²) in [5.74, 6) is 0.183. The number of benzene rings is 2. The van der Waals surface area contributed by atoms with Gasteiger partial charge in [-0.15, -0.1) is 16.4 Å². The van der Waals surface area contributed by atoms with Crippen LogP contribution >= 0.6 is 11.3 Å². The molecule has 2 aliphatic rings. The van der Waals surface area contributed by atoms with Crippen molar-refractivity contribution >= 4 is 34.5 Å². The van der Waals surface area contributed by atoms with Crippen LogP contribution in [0.25, 0.3) is 10.8 Å². The van der Waals surface area contributed by atoms with Crippen molar-refractivity contribution < 1.29 is 13.9 Å². The van der Waals surface area contributed by atoms with Crippen LogP contribution in [0.4, 0.5) is 11.7 Å². The maximum atomic E-state index is 13.2. The molecule has 2 aliphatic heterocycles. The quantitative estimate of drug-likeness (QED) is 0.430. The lowest BCUT2D eigenvalue weighted by Gasteiger charge is -2.28. The Kier molecular flexibility index (Phi) is 6.22. The summed E-state index contributed by atoms with van der Waals surface area (Å²) in [6.45, 7) is 2.65. The smallest absolute Gasteiger partial charge is 0.317 e. The normalized spacial score (nSPS) is 17.5. The summed E-state index contributed by atoms with van der Waals surface area (Å²) in [6.07, 6.45) is -0.667. The Labute approximate surface area is 217 Å². The van der Waals surface area contributed by atoms with Crippen molar-refractivity contribution in [3.05, 3.63) is 82.2 Å². The lowest BCUT2D eigenvalue weighted by molar-refractivity contribution is -0.119. The maximum Gasteiger partial charge on any atom is 0.317 e. The van der Waals surface area contributed by atoms with Crippen LogP contribution in [-0.2, 0) is 16.0 Å². The Bertz CT molecular complexity index is 1510. The van der Waals surface area contributed by atoms with Crippen LogP contribution in [0, 0.1) is 11.3 Å². The zero-order chi connectivity index (χ0) is 25.2. The first kappa shape index (κ1) is 23.1. The lowest BCUT2D eigenvalue weighted by Crippen LogP contribution is -2.36. The maximum absolute atomic E-state index is 13.2. The molecule has 0 saturated carbocycles. The third-order valence-electron chi connectivity index (χ3n) is 6.30. The number of carbonyl (C=O) groups is 1. The number of ketones is 1. The largest absolute Gasteiger partial charge is 0.402 e. The molecule has 4 heterocycles. The van der Waals surface area contributed by atoms with Gasteiger partial charge in [-0.3, -0.25) is 9.79 Å². The minimum atomic E-state index is -0.896. The fraction of sp³-hybridized carbons (Fsp3) is 0.222. The van der Waals surface area contributed by atoms with Gasteiger partial charge < -0.3 is 19.4 Å². The van der Waals surface area contributed by atoms with Crippen molar-refractivity contribution in [1.82, 2.24) is 10.2 Å². The van der Waals surface area contributed by atoms with Crippen molar-refractivity contribution in [2.24, 2.45) is 4.99 Å². The third-order valence-corrected chi connectivity index (χ3v) is 7.32. The summed E-state index contributed by atoms with van der Waals surface area (Å²) in [6, 6.07) is 21.7. The van der Waals surface area contributed by atoms with Gasteiger partial charge in [0.25, 0.3) is 5.89 Å². The molecular formula is C27H22N6O3S. The topological polar surface area (TPSA) is 117 Å². The highest BCUT2D eigenvalue weighted by molar-refractivity contribution is 7.16. The number of fused-ring (bicyclic) bond motifs is 1. The van der Waals surface area contributed by atoms with Crippen molar-refractivity contribution in [3.8, 4) is 16.8 Å². The summed E-state index contributed by atoms with van der Waals surface area (Å²) in [5.41, 5.74) is 4.36. The molecule has 4 aromatic rings. The molecule has 0 unspecified atom stereocenters. The van der Waals surface area contributed by atoms with E-state index in [1.807, 2.05) is 60.7 Å². The van der Waals surface area contributed by atoms with E-state index in [1.165, 1.54) is 11.3 Å². The number of Topliss-reactive ketones (excluding diaryl/α,β-unsaturated/α-hetero) is 1. The molecule has 1 atom stereocenters. The van der Waals surface area contributed by atoms with Crippen LogP contribution in [0.15, 0.2) is 70.1 Å². The van der Waals surface area contributed by atoms with Crippen molar-refractivity contribution in [1.29, 1.82) is 5.26 Å². The number of nitriles is 1. The predicted octanol–water partition coefficient (Wildman–Crippen LogP) is 3.91. The van der Waals surface area contributed by atoms with E-state index >= 15 is 0 Å². The highest BCUT2D eigenvalue weighted by Crippen LogP contribution is 2.39. The molecule has 0 aliphatic carbocycles. The van der Waals surface area contributed by atoms with E-state index in [1.54, 1.807) is 0 Å². The number of nitrogens with one attached hydrogen (secondary N) is 1. The number of aromatic nitrogens is 2. The van der Waals surface area contributed by atoms with Crippen LogP contribution in [-0.4, -0.2) is 54.2 Å². The number of aliphatic imine (C=N–C) groups is 1. The van der Waals surface area contributed by atoms with Crippen molar-refractivity contribution in [3.63, 3.8) is 0 Å². The molecule has 1 fully saturated rings. The van der Waals surface area contributed by atoms with E-state index in [4.69, 9.17) is 14.1 Å². The molecule has 2 aromatic heterocycles. The summed E-state index contributed by atoms with van der Waals surface area (Å²) in [7, 11) is 0. The van der Waals surface area contributed by atoms with Gasteiger partial charge in [0, 0.05) is 30.6 Å². The second-order valence-corrected chi connectivity index (χ2v) is 9.69. The van der Waals surface area contributed by atoms with Gasteiger partial charge in [-0.1, -0.05) is 59.7 Å². The molecule has 0 spiro atoms. The molecule has 2 aromatic carbocycles. The van der Waals surface area contributed by atoms with Gasteiger partial charge in [0.15, 0.2) is 11.9 Å². The highest BCUT2D eigenvalue weighted by atomic mass is 32.1. The molecule has 9 nitrogen and oxygen atoms in total. The number of rotatable bonds is 5. The van der Waals surface area contributed by atoms with Crippen LogP contribution in [0.1, 0.15) is 21.6 Å². The minimum Gasteiger partial charge on any atom is -0.402 e. The average Bonchev–Trinajstić information content (AvgIpc) is 3.56. The first-order valence-corrected chi connectivity index (χ1v) is 12.7. The van der Waals surface area contributed by atoms with E-state index in [0.717, 1.165) is 28.1 Å². The SMILES string of the molecule is N#Cc1cc(N2CCOCC2)c(-c2nnc(N[C@H]3N=C(c4ccccc4)c4ccccc4CC3=O)o2)s1. The fourth-order valence-electron chi connectivity index (χ4n) is 4.52. The van der Waals surface area contributed by atoms with Crippen molar-refractivity contribution in [2.75, 3.05) is 36.5 Å².